The number of hydrogen-bond donors (Lipinski definition) is 0. The van der Waals surface area contributed by atoms with Gasteiger partial charge in [0.2, 0.25) is 19.5 Å². The average Bonchev–Trinajstić information content (AvgIpc) is 1.84. The lowest BCUT2D eigenvalue weighted by Crippen LogP contribution is -2.36. The predicted octanol–water partition coefficient (Wildman–Crippen LogP) is 0.818. The van der Waals surface area contributed by atoms with E-state index in [2.05, 4.69) is 0 Å². The zero-order valence-corrected chi connectivity index (χ0v) is 8.44. The van der Waals surface area contributed by atoms with E-state index in [1.165, 1.54) is 19.3 Å². The van der Waals surface area contributed by atoms with Crippen LogP contribution >= 0.6 is 0 Å². The van der Waals surface area contributed by atoms with E-state index < -0.39 is 0 Å². The summed E-state index contributed by atoms with van der Waals surface area (Å²) in [5.74, 6) is 0. The molecule has 1 rings (SSSR count). The number of hydrogen-bond acceptors (Lipinski definition) is 2. The van der Waals surface area contributed by atoms with Crippen LogP contribution in [0.3, 0.4) is 0 Å². The topological polar surface area (TPSA) is 18.5 Å². The molecule has 2 nitrogen and oxygen atoms in total. The van der Waals surface area contributed by atoms with Gasteiger partial charge in [-0.25, -0.2) is 0 Å². The second kappa shape index (κ2) is 3.66. The maximum atomic E-state index is 5.16. The van der Waals surface area contributed by atoms with Gasteiger partial charge in [0, 0.05) is 18.9 Å². The van der Waals surface area contributed by atoms with Gasteiger partial charge in [-0.15, -0.1) is 0 Å². The molecule has 1 aliphatic carbocycles. The molecule has 0 aromatic heterocycles. The maximum absolute atomic E-state index is 5.16. The Morgan fingerprint density at radius 1 is 1.10 bits per heavy atom. The largest absolute Gasteiger partial charge is 0.420 e. The molecule has 0 saturated heterocycles. The van der Waals surface area contributed by atoms with E-state index in [9.17, 15) is 0 Å². The van der Waals surface area contributed by atoms with Crippen molar-refractivity contribution in [3.05, 3.63) is 0 Å². The van der Waals surface area contributed by atoms with Crippen LogP contribution in [0.1, 0.15) is 19.3 Å². The second-order valence-corrected chi connectivity index (χ2v) is 6.19. The van der Waals surface area contributed by atoms with Gasteiger partial charge in [-0.3, -0.25) is 0 Å². The van der Waals surface area contributed by atoms with Gasteiger partial charge in [0.15, 0.2) is 0 Å². The van der Waals surface area contributed by atoms with Crippen LogP contribution in [0.15, 0.2) is 0 Å². The quantitative estimate of drug-likeness (QED) is 0.585. The van der Waals surface area contributed by atoms with Crippen molar-refractivity contribution in [2.24, 2.45) is 0 Å². The standard InChI is InChI=1S/C6H12O2Si2/c1-7-9-6(10-8-2)4-3-5-6/h3-5H2,1-2H3. The van der Waals surface area contributed by atoms with Crippen molar-refractivity contribution in [1.82, 2.24) is 0 Å². The van der Waals surface area contributed by atoms with Gasteiger partial charge in [0.1, 0.15) is 0 Å². The van der Waals surface area contributed by atoms with Crippen molar-refractivity contribution >= 4 is 19.5 Å². The van der Waals surface area contributed by atoms with Gasteiger partial charge < -0.3 is 8.85 Å². The van der Waals surface area contributed by atoms with Crippen molar-refractivity contribution < 1.29 is 8.85 Å². The molecule has 4 heteroatoms. The molecule has 10 heavy (non-hydrogen) atoms. The van der Waals surface area contributed by atoms with Gasteiger partial charge in [0.05, 0.1) is 0 Å². The summed E-state index contributed by atoms with van der Waals surface area (Å²) in [5.41, 5.74) is 0. The molecule has 0 spiro atoms. The normalized spacial score (nSPS) is 22.2. The SMILES string of the molecule is CO[Si]C1([Si]OC)CCC1. The van der Waals surface area contributed by atoms with Gasteiger partial charge in [-0.1, -0.05) is 6.42 Å². The predicted molar refractivity (Wildman–Crippen MR) is 42.1 cm³/mol. The molecule has 0 aliphatic heterocycles. The molecule has 0 amide bonds. The molecule has 0 heterocycles. The lowest BCUT2D eigenvalue weighted by atomic mass is 9.98. The highest BCUT2D eigenvalue weighted by atomic mass is 28.3. The first-order chi connectivity index (χ1) is 4.83. The van der Waals surface area contributed by atoms with Crippen LogP contribution in [0.5, 0.6) is 0 Å². The molecule has 0 aromatic carbocycles. The molecule has 0 aromatic rings. The molecule has 56 valence electrons. The van der Waals surface area contributed by atoms with E-state index in [4.69, 9.17) is 8.85 Å². The van der Waals surface area contributed by atoms with Crippen LogP contribution < -0.4 is 0 Å². The lowest BCUT2D eigenvalue weighted by Gasteiger charge is -2.37. The van der Waals surface area contributed by atoms with Gasteiger partial charge in [-0.05, 0) is 12.8 Å². The Morgan fingerprint density at radius 3 is 1.80 bits per heavy atom. The van der Waals surface area contributed by atoms with Crippen LogP contribution in [0, 0.1) is 0 Å². The minimum atomic E-state index is 0.434. The van der Waals surface area contributed by atoms with E-state index in [0.717, 1.165) is 0 Å². The Labute approximate surface area is 67.2 Å². The van der Waals surface area contributed by atoms with Crippen LogP contribution in [-0.4, -0.2) is 33.7 Å². The summed E-state index contributed by atoms with van der Waals surface area (Å²) in [5, 5.41) is 0. The molecule has 0 bridgehead atoms. The maximum Gasteiger partial charge on any atom is 0.234 e. The molecule has 1 aliphatic rings. The molecular formula is C6H12O2Si2. The van der Waals surface area contributed by atoms with Crippen LogP contribution in [0.4, 0.5) is 0 Å². The zero-order chi connectivity index (χ0) is 7.45. The van der Waals surface area contributed by atoms with E-state index in [1.54, 1.807) is 14.2 Å². The fourth-order valence-electron chi connectivity index (χ4n) is 1.15. The molecule has 1 saturated carbocycles. The van der Waals surface area contributed by atoms with Gasteiger partial charge >= 0.3 is 0 Å². The van der Waals surface area contributed by atoms with Gasteiger partial charge in [0.25, 0.3) is 0 Å². The van der Waals surface area contributed by atoms with Crippen LogP contribution in [-0.2, 0) is 8.85 Å². The Morgan fingerprint density at radius 2 is 1.60 bits per heavy atom. The fourth-order valence-corrected chi connectivity index (χ4v) is 3.82. The molecular weight excluding hydrogens is 160 g/mol. The first kappa shape index (κ1) is 8.45. The van der Waals surface area contributed by atoms with Crippen molar-refractivity contribution in [2.45, 2.75) is 23.9 Å². The lowest BCUT2D eigenvalue weighted by molar-refractivity contribution is 0.326. The third kappa shape index (κ3) is 1.69. The van der Waals surface area contributed by atoms with Crippen molar-refractivity contribution in [1.29, 1.82) is 0 Å². The Balaban J connectivity index is 2.27. The first-order valence-electron chi connectivity index (χ1n) is 3.43. The minimum absolute atomic E-state index is 0.434. The van der Waals surface area contributed by atoms with Crippen molar-refractivity contribution in [3.63, 3.8) is 0 Å². The molecule has 0 unspecified atom stereocenters. The van der Waals surface area contributed by atoms with Crippen molar-refractivity contribution in [3.8, 4) is 0 Å². The molecule has 1 fully saturated rings. The summed E-state index contributed by atoms with van der Waals surface area (Å²) in [7, 11) is 4.83. The summed E-state index contributed by atoms with van der Waals surface area (Å²) in [6.45, 7) is 0. The summed E-state index contributed by atoms with van der Waals surface area (Å²) in [4.78, 5) is 0. The van der Waals surface area contributed by atoms with Crippen LogP contribution in [0.2, 0.25) is 4.66 Å². The summed E-state index contributed by atoms with van der Waals surface area (Å²) in [6, 6.07) is 0. The molecule has 4 radical (unpaired) electrons. The third-order valence-electron chi connectivity index (χ3n) is 1.80. The van der Waals surface area contributed by atoms with E-state index >= 15 is 0 Å². The average molecular weight is 172 g/mol. The minimum Gasteiger partial charge on any atom is -0.420 e. The van der Waals surface area contributed by atoms with E-state index in [1.807, 2.05) is 0 Å². The molecule has 0 N–H and O–H groups in total. The van der Waals surface area contributed by atoms with E-state index in [-0.39, 0.29) is 0 Å². The third-order valence-corrected chi connectivity index (χ3v) is 4.60. The van der Waals surface area contributed by atoms with Crippen molar-refractivity contribution in [2.75, 3.05) is 14.2 Å². The highest BCUT2D eigenvalue weighted by Gasteiger charge is 2.40. The first-order valence-corrected chi connectivity index (χ1v) is 5.25. The fraction of sp³-hybridized carbons (Fsp3) is 1.00. The summed E-state index contributed by atoms with van der Waals surface area (Å²) >= 11 is 0. The Bertz CT molecular complexity index is 95.9. The van der Waals surface area contributed by atoms with Crippen LogP contribution in [0.25, 0.3) is 0 Å². The second-order valence-electron chi connectivity index (χ2n) is 2.55. The number of rotatable bonds is 4. The monoisotopic (exact) mass is 172 g/mol. The van der Waals surface area contributed by atoms with Gasteiger partial charge in [-0.2, -0.15) is 0 Å². The highest BCUT2D eigenvalue weighted by molar-refractivity contribution is 6.56. The smallest absolute Gasteiger partial charge is 0.234 e. The Kier molecular flexibility index (Phi) is 3.09. The van der Waals surface area contributed by atoms with E-state index in [0.29, 0.717) is 24.2 Å². The Hall–Kier alpha value is 0.354. The zero-order valence-electron chi connectivity index (χ0n) is 6.44. The highest BCUT2D eigenvalue weighted by Crippen LogP contribution is 2.45. The molecule has 0 atom stereocenters. The summed E-state index contributed by atoms with van der Waals surface area (Å²) in [6.07, 6.45) is 3.95. The summed E-state index contributed by atoms with van der Waals surface area (Å²) < 4.78 is 10.7.